The number of nitrogens with one attached hydrogen (secondary N) is 1. The van der Waals surface area contributed by atoms with Gasteiger partial charge in [0.15, 0.2) is 5.82 Å². The van der Waals surface area contributed by atoms with Crippen molar-refractivity contribution in [3.05, 3.63) is 41.6 Å². The first-order valence-corrected chi connectivity index (χ1v) is 9.45. The maximum absolute atomic E-state index is 13.5. The van der Waals surface area contributed by atoms with Gasteiger partial charge in [-0.05, 0) is 56.3 Å². The third kappa shape index (κ3) is 3.23. The number of benzene rings is 1. The van der Waals surface area contributed by atoms with Crippen LogP contribution in [0.1, 0.15) is 55.7 Å². The van der Waals surface area contributed by atoms with Crippen LogP contribution in [0.2, 0.25) is 0 Å². The van der Waals surface area contributed by atoms with Crippen molar-refractivity contribution in [1.82, 2.24) is 25.0 Å². The molecule has 1 aromatic carbocycles. The zero-order valence-corrected chi connectivity index (χ0v) is 14.6. The number of aromatic amines is 1. The second-order valence-corrected chi connectivity index (χ2v) is 7.52. The highest BCUT2D eigenvalue weighted by molar-refractivity contribution is 5.75. The standard InChI is InChI=1S/C19H22FN5O/c20-13-6-7-14-15(10-13)22-19(21-14)16-3-1-2-8-25(16)11-18-23-17(24-26-18)9-12-4-5-12/h6-7,10,12,16H,1-5,8-9,11H2,(H,21,22)/t16-/m1/s1. The lowest BCUT2D eigenvalue weighted by Crippen LogP contribution is -2.33. The summed E-state index contributed by atoms with van der Waals surface area (Å²) in [6.07, 6.45) is 6.82. The molecule has 1 saturated carbocycles. The molecule has 0 amide bonds. The molecule has 6 nitrogen and oxygen atoms in total. The van der Waals surface area contributed by atoms with Crippen molar-refractivity contribution in [3.8, 4) is 0 Å². The monoisotopic (exact) mass is 355 g/mol. The lowest BCUT2D eigenvalue weighted by Gasteiger charge is -2.33. The molecule has 3 aromatic rings. The minimum Gasteiger partial charge on any atom is -0.341 e. The van der Waals surface area contributed by atoms with E-state index in [2.05, 4.69) is 20.0 Å². The summed E-state index contributed by atoms with van der Waals surface area (Å²) in [5.41, 5.74) is 1.55. The Labute approximate surface area is 150 Å². The highest BCUT2D eigenvalue weighted by Crippen LogP contribution is 2.33. The van der Waals surface area contributed by atoms with Crippen LogP contribution in [0.15, 0.2) is 22.7 Å². The van der Waals surface area contributed by atoms with Gasteiger partial charge in [0, 0.05) is 6.42 Å². The van der Waals surface area contributed by atoms with Crippen molar-refractivity contribution in [2.45, 2.75) is 51.1 Å². The van der Waals surface area contributed by atoms with Crippen molar-refractivity contribution in [3.63, 3.8) is 0 Å². The fraction of sp³-hybridized carbons (Fsp3) is 0.526. The highest BCUT2D eigenvalue weighted by Gasteiger charge is 2.29. The van der Waals surface area contributed by atoms with Crippen molar-refractivity contribution in [1.29, 1.82) is 0 Å². The molecule has 7 heteroatoms. The minimum atomic E-state index is -0.248. The molecule has 0 radical (unpaired) electrons. The molecule has 0 bridgehead atoms. The van der Waals surface area contributed by atoms with Gasteiger partial charge in [0.1, 0.15) is 11.6 Å². The van der Waals surface area contributed by atoms with Gasteiger partial charge in [-0.1, -0.05) is 11.6 Å². The van der Waals surface area contributed by atoms with Gasteiger partial charge in [0.25, 0.3) is 0 Å². The second kappa shape index (κ2) is 6.46. The van der Waals surface area contributed by atoms with E-state index in [4.69, 9.17) is 9.51 Å². The number of fused-ring (bicyclic) bond motifs is 1. The smallest absolute Gasteiger partial charge is 0.240 e. The predicted octanol–water partition coefficient (Wildman–Crippen LogP) is 3.76. The van der Waals surface area contributed by atoms with Gasteiger partial charge in [-0.15, -0.1) is 0 Å². The zero-order chi connectivity index (χ0) is 17.5. The Morgan fingerprint density at radius 1 is 1.19 bits per heavy atom. The van der Waals surface area contributed by atoms with E-state index in [9.17, 15) is 4.39 Å². The molecule has 1 aliphatic carbocycles. The molecule has 2 aromatic heterocycles. The van der Waals surface area contributed by atoms with Gasteiger partial charge >= 0.3 is 0 Å². The molecular formula is C19H22FN5O. The van der Waals surface area contributed by atoms with Gasteiger partial charge in [0.2, 0.25) is 5.89 Å². The summed E-state index contributed by atoms with van der Waals surface area (Å²) in [5.74, 6) is 2.90. The Hall–Kier alpha value is -2.28. The van der Waals surface area contributed by atoms with Crippen LogP contribution in [-0.4, -0.2) is 31.6 Å². The Morgan fingerprint density at radius 3 is 3.00 bits per heavy atom. The van der Waals surface area contributed by atoms with Gasteiger partial charge in [-0.25, -0.2) is 9.37 Å². The maximum atomic E-state index is 13.5. The van der Waals surface area contributed by atoms with Crippen LogP contribution in [-0.2, 0) is 13.0 Å². The number of hydrogen-bond acceptors (Lipinski definition) is 5. The average Bonchev–Trinajstić information content (AvgIpc) is 3.18. The summed E-state index contributed by atoms with van der Waals surface area (Å²) in [7, 11) is 0. The zero-order valence-electron chi connectivity index (χ0n) is 14.6. The molecule has 1 atom stereocenters. The van der Waals surface area contributed by atoms with Crippen LogP contribution in [0, 0.1) is 11.7 Å². The van der Waals surface area contributed by atoms with Crippen molar-refractivity contribution >= 4 is 11.0 Å². The summed E-state index contributed by atoms with van der Waals surface area (Å²) in [5, 5.41) is 4.13. The number of hydrogen-bond donors (Lipinski definition) is 1. The van der Waals surface area contributed by atoms with E-state index in [0.29, 0.717) is 12.4 Å². The predicted molar refractivity (Wildman–Crippen MR) is 93.8 cm³/mol. The van der Waals surface area contributed by atoms with E-state index < -0.39 is 0 Å². The molecule has 0 unspecified atom stereocenters. The fourth-order valence-electron chi connectivity index (χ4n) is 3.84. The van der Waals surface area contributed by atoms with Crippen LogP contribution < -0.4 is 0 Å². The normalized spacial score (nSPS) is 21.5. The van der Waals surface area contributed by atoms with Crippen molar-refractivity contribution in [2.75, 3.05) is 6.54 Å². The van der Waals surface area contributed by atoms with Crippen LogP contribution in [0.25, 0.3) is 11.0 Å². The van der Waals surface area contributed by atoms with Crippen LogP contribution in [0.4, 0.5) is 4.39 Å². The molecule has 1 N–H and O–H groups in total. The third-order valence-corrected chi connectivity index (χ3v) is 5.41. The minimum absolute atomic E-state index is 0.165. The first-order valence-electron chi connectivity index (χ1n) is 9.45. The molecule has 2 fully saturated rings. The van der Waals surface area contributed by atoms with Gasteiger partial charge in [-0.3, -0.25) is 4.90 Å². The molecule has 0 spiro atoms. The molecule has 5 rings (SSSR count). The SMILES string of the molecule is Fc1ccc2nc([C@H]3CCCCN3Cc3nc(CC4CC4)no3)[nH]c2c1. The van der Waals surface area contributed by atoms with E-state index in [1.54, 1.807) is 6.07 Å². The number of aromatic nitrogens is 4. The number of rotatable bonds is 5. The molecule has 3 heterocycles. The summed E-state index contributed by atoms with van der Waals surface area (Å²) in [6.45, 7) is 1.60. The molecule has 136 valence electrons. The lowest BCUT2D eigenvalue weighted by molar-refractivity contribution is 0.119. The van der Waals surface area contributed by atoms with E-state index in [-0.39, 0.29) is 11.9 Å². The molecular weight excluding hydrogens is 333 g/mol. The number of nitrogens with zero attached hydrogens (tertiary/aromatic N) is 4. The maximum Gasteiger partial charge on any atom is 0.240 e. The molecule has 2 aliphatic rings. The first kappa shape index (κ1) is 15.9. The number of H-pyrrole nitrogens is 1. The highest BCUT2D eigenvalue weighted by atomic mass is 19.1. The van der Waals surface area contributed by atoms with Crippen LogP contribution >= 0.6 is 0 Å². The van der Waals surface area contributed by atoms with E-state index >= 15 is 0 Å². The van der Waals surface area contributed by atoms with Crippen molar-refractivity contribution < 1.29 is 8.91 Å². The topological polar surface area (TPSA) is 70.8 Å². The van der Waals surface area contributed by atoms with Crippen molar-refractivity contribution in [2.24, 2.45) is 5.92 Å². The third-order valence-electron chi connectivity index (χ3n) is 5.41. The summed E-state index contributed by atoms with van der Waals surface area (Å²) in [6, 6.07) is 4.84. The van der Waals surface area contributed by atoms with E-state index in [0.717, 1.165) is 60.8 Å². The summed E-state index contributed by atoms with van der Waals surface area (Å²) in [4.78, 5) is 14.9. The van der Waals surface area contributed by atoms with Crippen LogP contribution in [0.3, 0.4) is 0 Å². The summed E-state index contributed by atoms with van der Waals surface area (Å²) >= 11 is 0. The fourth-order valence-corrected chi connectivity index (χ4v) is 3.84. The van der Waals surface area contributed by atoms with E-state index in [1.807, 2.05) is 0 Å². The quantitative estimate of drug-likeness (QED) is 0.754. The van der Waals surface area contributed by atoms with Gasteiger partial charge < -0.3 is 9.51 Å². The number of piperidine rings is 1. The lowest BCUT2D eigenvalue weighted by atomic mass is 10.0. The second-order valence-electron chi connectivity index (χ2n) is 7.52. The summed E-state index contributed by atoms with van der Waals surface area (Å²) < 4.78 is 18.9. The molecule has 1 saturated heterocycles. The Balaban J connectivity index is 1.36. The first-order chi connectivity index (χ1) is 12.7. The average molecular weight is 355 g/mol. The number of likely N-dealkylation sites (tertiary alicyclic amines) is 1. The van der Waals surface area contributed by atoms with Gasteiger partial charge in [0.05, 0.1) is 23.6 Å². The van der Waals surface area contributed by atoms with E-state index in [1.165, 1.54) is 25.0 Å². The molecule has 1 aliphatic heterocycles. The Bertz CT molecular complexity index is 916. The number of halogens is 1. The largest absolute Gasteiger partial charge is 0.341 e. The van der Waals surface area contributed by atoms with Gasteiger partial charge in [-0.2, -0.15) is 4.98 Å². The number of imidazole rings is 1. The molecule has 26 heavy (non-hydrogen) atoms. The Kier molecular flexibility index (Phi) is 3.96. The van der Waals surface area contributed by atoms with Crippen LogP contribution in [0.5, 0.6) is 0 Å². The Morgan fingerprint density at radius 2 is 2.12 bits per heavy atom.